The summed E-state index contributed by atoms with van der Waals surface area (Å²) in [5.41, 5.74) is 1.81. The molecule has 0 aliphatic rings. The summed E-state index contributed by atoms with van der Waals surface area (Å²) in [4.78, 5) is 15.9. The highest BCUT2D eigenvalue weighted by Gasteiger charge is 2.11. The Kier molecular flexibility index (Phi) is 13.6. The van der Waals surface area contributed by atoms with Gasteiger partial charge in [0.25, 0.3) is 20.2 Å². The molecule has 0 aliphatic carbocycles. The minimum absolute atomic E-state index is 0.0736. The molecule has 0 N–H and O–H groups in total. The fourth-order valence-corrected chi connectivity index (χ4v) is 3.93. The van der Waals surface area contributed by atoms with Crippen LogP contribution in [0.15, 0.2) is 24.3 Å². The topological polar surface area (TPSA) is 120 Å². The summed E-state index contributed by atoms with van der Waals surface area (Å²) in [6.45, 7) is 7.46. The zero-order valence-corrected chi connectivity index (χ0v) is 22.2. The number of hydrogen-bond acceptors (Lipinski definition) is 10. The van der Waals surface area contributed by atoms with Crippen LogP contribution in [0.3, 0.4) is 0 Å². The number of anilines is 1. The molecule has 0 aromatic heterocycles. The zero-order valence-electron chi connectivity index (χ0n) is 20.6. The van der Waals surface area contributed by atoms with E-state index in [9.17, 15) is 21.6 Å². The molecule has 196 valence electrons. The van der Waals surface area contributed by atoms with Gasteiger partial charge in [0.15, 0.2) is 0 Å². The van der Waals surface area contributed by atoms with Crippen LogP contribution in [-0.2, 0) is 44.6 Å². The predicted molar refractivity (Wildman–Crippen MR) is 132 cm³/mol. The molecule has 1 aromatic carbocycles. The molecule has 12 heteroatoms. The third kappa shape index (κ3) is 14.5. The van der Waals surface area contributed by atoms with Crippen LogP contribution < -0.4 is 4.90 Å². The average molecular weight is 523 g/mol. The van der Waals surface area contributed by atoms with Gasteiger partial charge in [-0.15, -0.1) is 0 Å². The van der Waals surface area contributed by atoms with Crippen molar-refractivity contribution in [2.75, 3.05) is 70.0 Å². The maximum atomic E-state index is 11.9. The van der Waals surface area contributed by atoms with Crippen LogP contribution in [0.1, 0.15) is 32.3 Å². The Bertz CT molecular complexity index is 892. The van der Waals surface area contributed by atoms with Crippen molar-refractivity contribution in [3.8, 4) is 0 Å². The van der Waals surface area contributed by atoms with Gasteiger partial charge in [-0.2, -0.15) is 16.8 Å². The van der Waals surface area contributed by atoms with E-state index in [0.717, 1.165) is 43.4 Å². The zero-order chi connectivity index (χ0) is 25.6. The van der Waals surface area contributed by atoms with Crippen LogP contribution in [0.5, 0.6) is 0 Å². The second kappa shape index (κ2) is 15.3. The maximum absolute atomic E-state index is 11.9. The average Bonchev–Trinajstić information content (AvgIpc) is 2.74. The van der Waals surface area contributed by atoms with Crippen LogP contribution in [0.2, 0.25) is 0 Å². The van der Waals surface area contributed by atoms with E-state index in [2.05, 4.69) is 18.7 Å². The molecular weight excluding hydrogens is 484 g/mol. The Hall–Kier alpha value is -1.73. The van der Waals surface area contributed by atoms with E-state index in [1.54, 1.807) is 4.90 Å². The number of ether oxygens (including phenoxy) is 1. The van der Waals surface area contributed by atoms with E-state index in [0.29, 0.717) is 25.9 Å². The Balaban J connectivity index is 2.55. The van der Waals surface area contributed by atoms with Crippen molar-refractivity contribution in [3.63, 3.8) is 0 Å². The number of nitrogens with zero attached hydrogens (tertiary/aromatic N) is 2. The molecule has 0 saturated carbocycles. The highest BCUT2D eigenvalue weighted by molar-refractivity contribution is 7.86. The van der Waals surface area contributed by atoms with Gasteiger partial charge in [0.05, 0.1) is 25.7 Å². The van der Waals surface area contributed by atoms with Crippen molar-refractivity contribution in [1.82, 2.24) is 4.90 Å². The summed E-state index contributed by atoms with van der Waals surface area (Å²) in [5.74, 6) is -0.202. The number of aryl methyl sites for hydroxylation is 1. The van der Waals surface area contributed by atoms with Gasteiger partial charge in [0.2, 0.25) is 0 Å². The highest BCUT2D eigenvalue weighted by atomic mass is 32.2. The summed E-state index contributed by atoms with van der Waals surface area (Å²) in [5, 5.41) is 0. The summed E-state index contributed by atoms with van der Waals surface area (Å²) >= 11 is 0. The molecule has 0 aliphatic heterocycles. The lowest BCUT2D eigenvalue weighted by Crippen LogP contribution is -2.32. The number of likely N-dealkylation sites (N-methyl/N-ethyl adjacent to an activating group) is 1. The van der Waals surface area contributed by atoms with Gasteiger partial charge in [-0.25, -0.2) is 0 Å². The molecule has 0 atom stereocenters. The van der Waals surface area contributed by atoms with Crippen molar-refractivity contribution in [2.45, 2.75) is 33.1 Å². The first-order valence-electron chi connectivity index (χ1n) is 11.3. The molecule has 0 amide bonds. The second-order valence-electron chi connectivity index (χ2n) is 7.81. The molecule has 1 aromatic rings. The van der Waals surface area contributed by atoms with E-state index in [1.165, 1.54) is 0 Å². The van der Waals surface area contributed by atoms with Crippen LogP contribution in [0.4, 0.5) is 5.69 Å². The fraction of sp³-hybridized carbons (Fsp3) is 0.682. The van der Waals surface area contributed by atoms with Crippen LogP contribution in [0, 0.1) is 0 Å². The lowest BCUT2D eigenvalue weighted by atomic mass is 10.1. The van der Waals surface area contributed by atoms with Crippen LogP contribution in [-0.4, -0.2) is 92.8 Å². The Labute approximate surface area is 204 Å². The standard InChI is InChI=1S/C22H38N2O8S2/c1-5-23(6-2)14-17-30-22(25)9-7-8-20-10-12-21(13-11-20)24(15-18-31-33(3,26)27)16-19-32-34(4,28)29/h10-13H,5-9,14-19H2,1-4H3. The number of esters is 1. The third-order valence-electron chi connectivity index (χ3n) is 5.03. The van der Waals surface area contributed by atoms with Gasteiger partial charge >= 0.3 is 5.97 Å². The van der Waals surface area contributed by atoms with Gasteiger partial charge in [-0.05, 0) is 43.6 Å². The molecule has 34 heavy (non-hydrogen) atoms. The number of benzene rings is 1. The van der Waals surface area contributed by atoms with Crippen molar-refractivity contribution >= 4 is 31.9 Å². The van der Waals surface area contributed by atoms with E-state index in [1.807, 2.05) is 24.3 Å². The first-order chi connectivity index (χ1) is 15.9. The Morgan fingerprint density at radius 3 is 1.82 bits per heavy atom. The summed E-state index contributed by atoms with van der Waals surface area (Å²) in [6, 6.07) is 7.56. The maximum Gasteiger partial charge on any atom is 0.305 e. The smallest absolute Gasteiger partial charge is 0.305 e. The Morgan fingerprint density at radius 2 is 1.35 bits per heavy atom. The second-order valence-corrected chi connectivity index (χ2v) is 11.1. The van der Waals surface area contributed by atoms with Crippen molar-refractivity contribution in [3.05, 3.63) is 29.8 Å². The fourth-order valence-electron chi connectivity index (χ4n) is 3.18. The van der Waals surface area contributed by atoms with Gasteiger partial charge in [0.1, 0.15) is 6.61 Å². The minimum Gasteiger partial charge on any atom is -0.464 e. The molecule has 0 saturated heterocycles. The van der Waals surface area contributed by atoms with E-state index in [4.69, 9.17) is 13.1 Å². The predicted octanol–water partition coefficient (Wildman–Crippen LogP) is 1.65. The monoisotopic (exact) mass is 522 g/mol. The van der Waals surface area contributed by atoms with Crippen molar-refractivity contribution in [1.29, 1.82) is 0 Å². The molecule has 0 bridgehead atoms. The van der Waals surface area contributed by atoms with E-state index < -0.39 is 20.2 Å². The first kappa shape index (κ1) is 30.3. The molecule has 0 radical (unpaired) electrons. The molecular formula is C22H38N2O8S2. The largest absolute Gasteiger partial charge is 0.464 e. The van der Waals surface area contributed by atoms with Crippen molar-refractivity contribution < 1.29 is 34.7 Å². The summed E-state index contributed by atoms with van der Waals surface area (Å²) < 4.78 is 59.8. The van der Waals surface area contributed by atoms with E-state index >= 15 is 0 Å². The normalized spacial score (nSPS) is 12.1. The minimum atomic E-state index is -3.58. The lowest BCUT2D eigenvalue weighted by molar-refractivity contribution is -0.144. The molecule has 1 rings (SSSR count). The van der Waals surface area contributed by atoms with Gasteiger partial charge in [-0.3, -0.25) is 13.2 Å². The number of carbonyl (C=O) groups is 1. The number of hydrogen-bond donors (Lipinski definition) is 0. The van der Waals surface area contributed by atoms with Crippen LogP contribution >= 0.6 is 0 Å². The van der Waals surface area contributed by atoms with E-state index in [-0.39, 0.29) is 32.3 Å². The number of rotatable bonds is 18. The first-order valence-corrected chi connectivity index (χ1v) is 15.0. The van der Waals surface area contributed by atoms with Crippen molar-refractivity contribution in [2.24, 2.45) is 0 Å². The van der Waals surface area contributed by atoms with Gasteiger partial charge < -0.3 is 14.5 Å². The highest BCUT2D eigenvalue weighted by Crippen LogP contribution is 2.17. The molecule has 0 fully saturated rings. The molecule has 0 heterocycles. The van der Waals surface area contributed by atoms with Gasteiger partial charge in [-0.1, -0.05) is 26.0 Å². The lowest BCUT2D eigenvalue weighted by Gasteiger charge is -2.24. The molecule has 10 nitrogen and oxygen atoms in total. The SMILES string of the molecule is CCN(CC)CCOC(=O)CCCc1ccc(N(CCOS(C)(=O)=O)CCOS(C)(=O)=O)cc1. The molecule has 0 spiro atoms. The number of carbonyl (C=O) groups excluding carboxylic acids is 1. The summed E-state index contributed by atoms with van der Waals surface area (Å²) in [7, 11) is -7.15. The molecule has 0 unspecified atom stereocenters. The van der Waals surface area contributed by atoms with Crippen LogP contribution in [0.25, 0.3) is 0 Å². The van der Waals surface area contributed by atoms with Gasteiger partial charge in [0, 0.05) is 31.7 Å². The summed E-state index contributed by atoms with van der Waals surface area (Å²) in [6.07, 6.45) is 3.66. The quantitative estimate of drug-likeness (QED) is 0.208. The Morgan fingerprint density at radius 1 is 0.824 bits per heavy atom. The third-order valence-corrected chi connectivity index (χ3v) is 6.22.